The molecule has 1 N–H and O–H groups in total. The molecule has 0 saturated heterocycles. The summed E-state index contributed by atoms with van der Waals surface area (Å²) in [6, 6.07) is 8.38. The van der Waals surface area contributed by atoms with Crippen molar-refractivity contribution in [3.05, 3.63) is 40.1 Å². The second-order valence-corrected chi connectivity index (χ2v) is 5.59. The summed E-state index contributed by atoms with van der Waals surface area (Å²) in [6.45, 7) is 2.85. The van der Waals surface area contributed by atoms with Gasteiger partial charge < -0.3 is 19.5 Å². The molecule has 21 heavy (non-hydrogen) atoms. The third-order valence-electron chi connectivity index (χ3n) is 3.35. The van der Waals surface area contributed by atoms with E-state index in [1.165, 1.54) is 4.88 Å². The summed E-state index contributed by atoms with van der Waals surface area (Å²) >= 11 is 1.75. The predicted molar refractivity (Wildman–Crippen MR) is 85.7 cm³/mol. The molecule has 0 fully saturated rings. The van der Waals surface area contributed by atoms with E-state index in [0.717, 1.165) is 5.56 Å². The molecule has 4 nitrogen and oxygen atoms in total. The Labute approximate surface area is 129 Å². The van der Waals surface area contributed by atoms with Gasteiger partial charge in [-0.15, -0.1) is 11.3 Å². The number of nitrogens with one attached hydrogen (secondary N) is 1. The van der Waals surface area contributed by atoms with Gasteiger partial charge in [-0.2, -0.15) is 0 Å². The van der Waals surface area contributed by atoms with Gasteiger partial charge in [-0.1, -0.05) is 12.1 Å². The minimum atomic E-state index is 0.294. The molecule has 0 unspecified atom stereocenters. The second kappa shape index (κ2) is 7.33. The van der Waals surface area contributed by atoms with Crippen molar-refractivity contribution in [1.82, 2.24) is 5.32 Å². The van der Waals surface area contributed by atoms with Gasteiger partial charge in [-0.25, -0.2) is 0 Å². The molecule has 5 heteroatoms. The molecule has 1 atom stereocenters. The molecule has 114 valence electrons. The number of hydrogen-bond acceptors (Lipinski definition) is 5. The predicted octanol–water partition coefficient (Wildman–Crippen LogP) is 3.62. The van der Waals surface area contributed by atoms with Gasteiger partial charge in [0, 0.05) is 23.0 Å². The first kappa shape index (κ1) is 15.7. The SMILES string of the molecule is COc1ccc(CN[C@H](C)c2cccs2)c(OC)c1OC. The molecule has 1 heterocycles. The normalized spacial score (nSPS) is 12.0. The van der Waals surface area contributed by atoms with Crippen LogP contribution in [0.1, 0.15) is 23.4 Å². The number of hydrogen-bond donors (Lipinski definition) is 1. The molecule has 0 saturated carbocycles. The minimum absolute atomic E-state index is 0.294. The highest BCUT2D eigenvalue weighted by atomic mass is 32.1. The van der Waals surface area contributed by atoms with Crippen LogP contribution in [0.4, 0.5) is 0 Å². The Morgan fingerprint density at radius 2 is 1.81 bits per heavy atom. The highest BCUT2D eigenvalue weighted by Gasteiger charge is 2.16. The van der Waals surface area contributed by atoms with Gasteiger partial charge in [0.2, 0.25) is 5.75 Å². The zero-order valence-electron chi connectivity index (χ0n) is 12.8. The van der Waals surface area contributed by atoms with Gasteiger partial charge >= 0.3 is 0 Å². The highest BCUT2D eigenvalue weighted by Crippen LogP contribution is 2.39. The molecular formula is C16H21NO3S. The van der Waals surface area contributed by atoms with Crippen molar-refractivity contribution >= 4 is 11.3 Å². The fourth-order valence-electron chi connectivity index (χ4n) is 2.20. The molecule has 2 rings (SSSR count). The Hall–Kier alpha value is -1.72. The molecule has 0 aliphatic rings. The van der Waals surface area contributed by atoms with Gasteiger partial charge in [0.15, 0.2) is 11.5 Å². The van der Waals surface area contributed by atoms with Crippen LogP contribution < -0.4 is 19.5 Å². The van der Waals surface area contributed by atoms with Crippen molar-refractivity contribution < 1.29 is 14.2 Å². The van der Waals surface area contributed by atoms with Crippen LogP contribution in [0.2, 0.25) is 0 Å². The zero-order valence-corrected chi connectivity index (χ0v) is 13.6. The van der Waals surface area contributed by atoms with Crippen LogP contribution in [-0.2, 0) is 6.54 Å². The van der Waals surface area contributed by atoms with E-state index in [1.807, 2.05) is 12.1 Å². The van der Waals surface area contributed by atoms with E-state index in [0.29, 0.717) is 29.8 Å². The van der Waals surface area contributed by atoms with E-state index < -0.39 is 0 Å². The topological polar surface area (TPSA) is 39.7 Å². The minimum Gasteiger partial charge on any atom is -0.493 e. The quantitative estimate of drug-likeness (QED) is 0.848. The summed E-state index contributed by atoms with van der Waals surface area (Å²) in [5, 5.41) is 5.59. The monoisotopic (exact) mass is 307 g/mol. The number of rotatable bonds is 7. The van der Waals surface area contributed by atoms with Gasteiger partial charge in [0.1, 0.15) is 0 Å². The van der Waals surface area contributed by atoms with Gasteiger partial charge in [0.05, 0.1) is 21.3 Å². The molecule has 0 amide bonds. The van der Waals surface area contributed by atoms with Crippen LogP contribution in [0.25, 0.3) is 0 Å². The summed E-state index contributed by atoms with van der Waals surface area (Å²) in [5.74, 6) is 2.01. The van der Waals surface area contributed by atoms with Crippen LogP contribution >= 0.6 is 11.3 Å². The lowest BCUT2D eigenvalue weighted by Crippen LogP contribution is -2.17. The molecule has 2 aromatic rings. The van der Waals surface area contributed by atoms with E-state index in [-0.39, 0.29) is 0 Å². The molecule has 1 aromatic heterocycles. The lowest BCUT2D eigenvalue weighted by Gasteiger charge is -2.18. The maximum Gasteiger partial charge on any atom is 0.203 e. The van der Waals surface area contributed by atoms with E-state index in [9.17, 15) is 0 Å². The maximum absolute atomic E-state index is 5.49. The molecule has 0 spiro atoms. The number of methoxy groups -OCH3 is 3. The van der Waals surface area contributed by atoms with Gasteiger partial charge in [-0.3, -0.25) is 0 Å². The number of ether oxygens (including phenoxy) is 3. The Morgan fingerprint density at radius 3 is 2.38 bits per heavy atom. The Balaban J connectivity index is 2.16. The molecular weight excluding hydrogens is 286 g/mol. The molecule has 0 aliphatic heterocycles. The van der Waals surface area contributed by atoms with E-state index >= 15 is 0 Å². The third kappa shape index (κ3) is 3.49. The van der Waals surface area contributed by atoms with Crippen molar-refractivity contribution in [3.63, 3.8) is 0 Å². The van der Waals surface area contributed by atoms with Gasteiger partial charge in [0.25, 0.3) is 0 Å². The first-order valence-electron chi connectivity index (χ1n) is 6.75. The molecule has 1 aromatic carbocycles. The average molecular weight is 307 g/mol. The van der Waals surface area contributed by atoms with Crippen LogP contribution in [-0.4, -0.2) is 21.3 Å². The Morgan fingerprint density at radius 1 is 1.05 bits per heavy atom. The van der Waals surface area contributed by atoms with Crippen molar-refractivity contribution in [2.45, 2.75) is 19.5 Å². The van der Waals surface area contributed by atoms with Crippen LogP contribution in [0.5, 0.6) is 17.2 Å². The lowest BCUT2D eigenvalue weighted by molar-refractivity contribution is 0.321. The summed E-state index contributed by atoms with van der Waals surface area (Å²) in [4.78, 5) is 1.31. The summed E-state index contributed by atoms with van der Waals surface area (Å²) in [6.07, 6.45) is 0. The van der Waals surface area contributed by atoms with Crippen LogP contribution in [0.15, 0.2) is 29.6 Å². The number of thiophene rings is 1. The Kier molecular flexibility index (Phi) is 5.47. The molecule has 0 aliphatic carbocycles. The second-order valence-electron chi connectivity index (χ2n) is 4.61. The van der Waals surface area contributed by atoms with Crippen molar-refractivity contribution in [3.8, 4) is 17.2 Å². The summed E-state index contributed by atoms with van der Waals surface area (Å²) < 4.78 is 16.2. The molecule has 0 bridgehead atoms. The largest absolute Gasteiger partial charge is 0.493 e. The van der Waals surface area contributed by atoms with Crippen molar-refractivity contribution in [1.29, 1.82) is 0 Å². The zero-order chi connectivity index (χ0) is 15.2. The smallest absolute Gasteiger partial charge is 0.203 e. The third-order valence-corrected chi connectivity index (χ3v) is 4.41. The van der Waals surface area contributed by atoms with E-state index in [2.05, 4.69) is 29.8 Å². The lowest BCUT2D eigenvalue weighted by atomic mass is 10.1. The highest BCUT2D eigenvalue weighted by molar-refractivity contribution is 7.10. The fourth-order valence-corrected chi connectivity index (χ4v) is 2.96. The standard InChI is InChI=1S/C16H21NO3S/c1-11(14-6-5-9-21-14)17-10-12-7-8-13(18-2)16(20-4)15(12)19-3/h5-9,11,17H,10H2,1-4H3/t11-/m1/s1. The first-order valence-corrected chi connectivity index (χ1v) is 7.63. The van der Waals surface area contributed by atoms with Crippen LogP contribution in [0, 0.1) is 0 Å². The van der Waals surface area contributed by atoms with E-state index in [1.54, 1.807) is 32.7 Å². The summed E-state index contributed by atoms with van der Waals surface area (Å²) in [7, 11) is 4.88. The van der Waals surface area contributed by atoms with E-state index in [4.69, 9.17) is 14.2 Å². The average Bonchev–Trinajstić information content (AvgIpc) is 3.05. The maximum atomic E-state index is 5.49. The van der Waals surface area contributed by atoms with Gasteiger partial charge in [-0.05, 0) is 24.4 Å². The van der Waals surface area contributed by atoms with Crippen molar-refractivity contribution in [2.24, 2.45) is 0 Å². The summed E-state index contributed by atoms with van der Waals surface area (Å²) in [5.41, 5.74) is 1.04. The molecule has 0 radical (unpaired) electrons. The number of benzene rings is 1. The fraction of sp³-hybridized carbons (Fsp3) is 0.375. The van der Waals surface area contributed by atoms with Crippen molar-refractivity contribution in [2.75, 3.05) is 21.3 Å². The Bertz CT molecular complexity index is 569. The first-order chi connectivity index (χ1) is 10.2. The van der Waals surface area contributed by atoms with Crippen LogP contribution in [0.3, 0.4) is 0 Å².